The van der Waals surface area contributed by atoms with E-state index in [9.17, 15) is 19.2 Å². The molecule has 0 unspecified atom stereocenters. The van der Waals surface area contributed by atoms with E-state index >= 15 is 0 Å². The molecule has 0 saturated carbocycles. The molecule has 12 aromatic rings. The molecule has 0 N–H and O–H groups in total. The fourth-order valence-electron chi connectivity index (χ4n) is 9.16. The van der Waals surface area contributed by atoms with Crippen LogP contribution >= 0.6 is 0 Å². The number of amides is 4. The molecule has 4 amide bonds. The summed E-state index contributed by atoms with van der Waals surface area (Å²) in [4.78, 5) is 97.2. The summed E-state index contributed by atoms with van der Waals surface area (Å²) < 4.78 is 3.77. The van der Waals surface area contributed by atoms with Gasteiger partial charge in [0, 0.05) is 134 Å². The zero-order valence-corrected chi connectivity index (χ0v) is 53.4. The predicted octanol–water partition coefficient (Wildman–Crippen LogP) is 5.18. The molecule has 18 nitrogen and oxygen atoms in total. The van der Waals surface area contributed by atoms with E-state index in [0.29, 0.717) is 59.0 Å². The molecule has 0 radical (unpaired) electrons. The van der Waals surface area contributed by atoms with E-state index in [2.05, 4.69) is 49.8 Å². The van der Waals surface area contributed by atoms with Gasteiger partial charge in [0.05, 0.1) is 58.2 Å². The number of aromatic nitrogens is 12. The molecule has 0 bridgehead atoms. The van der Waals surface area contributed by atoms with Gasteiger partial charge >= 0.3 is 39.6 Å². The summed E-state index contributed by atoms with van der Waals surface area (Å²) in [6.07, 6.45) is 25.7. The van der Waals surface area contributed by atoms with Crippen LogP contribution in [0, 0.1) is 0 Å². The van der Waals surface area contributed by atoms with Gasteiger partial charge in [0.1, 0.15) is 0 Å². The Morgan fingerprint density at radius 3 is 0.659 bits per heavy atom. The zero-order valence-electron chi connectivity index (χ0n) is 46.8. The Kier molecular flexibility index (Phi) is 26.5. The number of nitrogens with zero attached hydrogens (tertiary/aromatic N) is 14. The van der Waals surface area contributed by atoms with Gasteiger partial charge in [0.2, 0.25) is 0 Å². The van der Waals surface area contributed by atoms with Crippen molar-refractivity contribution >= 4 is 34.4 Å². The molecular weight excluding hydrogens is 1500 g/mol. The second-order valence-corrected chi connectivity index (χ2v) is 18.6. The Morgan fingerprint density at radius 2 is 0.489 bits per heavy atom. The van der Waals surface area contributed by atoms with Gasteiger partial charge in [-0.05, 0) is 134 Å². The Labute approximate surface area is 546 Å². The van der Waals surface area contributed by atoms with Gasteiger partial charge in [0.25, 0.3) is 23.6 Å². The van der Waals surface area contributed by atoms with Gasteiger partial charge < -0.3 is 33.9 Å². The van der Waals surface area contributed by atoms with E-state index in [1.54, 1.807) is 98.9 Å². The molecule has 14 rings (SSSR count). The van der Waals surface area contributed by atoms with Crippen molar-refractivity contribution in [1.82, 2.24) is 68.8 Å². The van der Waals surface area contributed by atoms with Crippen LogP contribution in [-0.2, 0) is 52.7 Å². The molecule has 0 spiro atoms. The number of carbonyl (C=O) groups is 4. The maximum absolute atomic E-state index is 13.3. The minimum Gasteiger partial charge on any atom is -1.00 e. The third-order valence-corrected chi connectivity index (χ3v) is 13.1. The van der Waals surface area contributed by atoms with Crippen molar-refractivity contribution in [2.75, 3.05) is 13.1 Å². The van der Waals surface area contributed by atoms with Crippen molar-refractivity contribution < 1.29 is 83.6 Å². The summed E-state index contributed by atoms with van der Waals surface area (Å²) in [7, 11) is 0. The van der Waals surface area contributed by atoms with Gasteiger partial charge in [-0.2, -0.15) is 0 Å². The Hall–Kier alpha value is -9.55. The molecule has 0 fully saturated rings. The molecule has 10 aromatic heterocycles. The number of halogens is 2. The maximum atomic E-state index is 13.3. The van der Waals surface area contributed by atoms with Crippen LogP contribution in [-0.4, -0.2) is 105 Å². The summed E-state index contributed by atoms with van der Waals surface area (Å²) in [5.74, 6) is -1.65. The third-order valence-electron chi connectivity index (χ3n) is 13.1. The number of pyridine rings is 8. The monoisotopic (exact) mass is 1560 g/mol. The molecule has 12 heterocycles. The number of imidazole rings is 2. The second kappa shape index (κ2) is 34.6. The number of carbonyl (C=O) groups excluding carboxylic acids is 4. The summed E-state index contributed by atoms with van der Waals surface area (Å²) in [6, 6.07) is 52.8. The van der Waals surface area contributed by atoms with Crippen LogP contribution in [0.2, 0.25) is 0 Å². The Balaban J connectivity index is 0.000000196. The standard InChI is InChI=1S/C26H22N6O4.4C10H8N2.2ClH.2Os/c33-23-17-3-5-19-22-20(26(36)32(25(19)35)12-2-10-30-14-8-28-16-30)6-4-18(21(17)22)24(34)31(23)11-1-9-29-13-7-27-15-29;4*1-3-7-11-9(5-1)10-6-2-4-8-12-10;;;;/h3-8,13-16H,1-2,9-12H2;4*1-8H;2*1H;;/q;;;;;;;2*+4/p-2. The van der Waals surface area contributed by atoms with E-state index < -0.39 is 23.6 Å². The summed E-state index contributed by atoms with van der Waals surface area (Å²) in [5.41, 5.74) is 8.66. The molecular formula is C66H54Cl2N14O4Os2+6. The normalized spacial score (nSPS) is 11.4. The predicted molar refractivity (Wildman–Crippen MR) is 318 cm³/mol. The van der Waals surface area contributed by atoms with Gasteiger partial charge in [0.15, 0.2) is 0 Å². The summed E-state index contributed by atoms with van der Waals surface area (Å²) in [5, 5.41) is 0.788. The van der Waals surface area contributed by atoms with Crippen LogP contribution in [0.15, 0.2) is 257 Å². The molecule has 22 heteroatoms. The number of aryl methyl sites for hydroxylation is 2. The first-order chi connectivity index (χ1) is 41.4. The Morgan fingerprint density at radius 1 is 0.273 bits per heavy atom. The van der Waals surface area contributed by atoms with Crippen LogP contribution in [0.25, 0.3) is 56.3 Å². The quantitative estimate of drug-likeness (QED) is 0.144. The van der Waals surface area contributed by atoms with Gasteiger partial charge in [-0.1, -0.05) is 48.5 Å². The Bertz CT molecular complexity index is 3420. The van der Waals surface area contributed by atoms with E-state index in [4.69, 9.17) is 0 Å². The van der Waals surface area contributed by atoms with E-state index in [1.165, 1.54) is 9.80 Å². The molecule has 2 aliphatic heterocycles. The number of hydrogen-bond acceptors (Lipinski definition) is 14. The topological polar surface area (TPSA) is 214 Å². The minimum absolute atomic E-state index is 0. The van der Waals surface area contributed by atoms with Crippen molar-refractivity contribution in [3.05, 3.63) is 279 Å². The number of rotatable bonds is 12. The van der Waals surface area contributed by atoms with E-state index in [0.717, 1.165) is 45.6 Å². The number of imide groups is 2. The van der Waals surface area contributed by atoms with Gasteiger partial charge in [-0.3, -0.25) is 68.8 Å². The van der Waals surface area contributed by atoms with Crippen molar-refractivity contribution in [2.24, 2.45) is 0 Å². The van der Waals surface area contributed by atoms with Crippen LogP contribution < -0.4 is 24.8 Å². The van der Waals surface area contributed by atoms with E-state index in [1.807, 2.05) is 167 Å². The summed E-state index contributed by atoms with van der Waals surface area (Å²) in [6.45, 7) is 1.75. The minimum atomic E-state index is -0.413. The van der Waals surface area contributed by atoms with Crippen molar-refractivity contribution in [3.8, 4) is 45.6 Å². The van der Waals surface area contributed by atoms with Crippen LogP contribution in [0.3, 0.4) is 0 Å². The summed E-state index contributed by atoms with van der Waals surface area (Å²) >= 11 is 0. The number of benzene rings is 2. The zero-order chi connectivity index (χ0) is 57.7. The van der Waals surface area contributed by atoms with Crippen LogP contribution in [0.5, 0.6) is 0 Å². The first-order valence-corrected chi connectivity index (χ1v) is 26.9. The molecule has 0 saturated heterocycles. The average molecular weight is 1560 g/mol. The first-order valence-electron chi connectivity index (χ1n) is 26.9. The molecule has 88 heavy (non-hydrogen) atoms. The second-order valence-electron chi connectivity index (χ2n) is 18.6. The van der Waals surface area contributed by atoms with Crippen LogP contribution in [0.4, 0.5) is 0 Å². The maximum Gasteiger partial charge on any atom is 4.00 e. The van der Waals surface area contributed by atoms with Crippen LogP contribution in [0.1, 0.15) is 54.3 Å². The molecule has 436 valence electrons. The van der Waals surface area contributed by atoms with Crippen molar-refractivity contribution in [1.29, 1.82) is 0 Å². The fourth-order valence-corrected chi connectivity index (χ4v) is 9.16. The third kappa shape index (κ3) is 17.3. The van der Waals surface area contributed by atoms with Crippen molar-refractivity contribution in [3.63, 3.8) is 0 Å². The number of hydrogen-bond donors (Lipinski definition) is 0. The molecule has 2 aromatic carbocycles. The van der Waals surface area contributed by atoms with Gasteiger partial charge in [-0.15, -0.1) is 0 Å². The average Bonchev–Trinajstić information content (AvgIpc) is 0.804. The first kappa shape index (κ1) is 67.6. The fraction of sp³-hybridized carbons (Fsp3) is 0.0909. The smallest absolute Gasteiger partial charge is 1.00 e. The molecule has 0 aliphatic carbocycles. The van der Waals surface area contributed by atoms with E-state index in [-0.39, 0.29) is 77.5 Å². The van der Waals surface area contributed by atoms with Gasteiger partial charge in [-0.25, -0.2) is 9.97 Å². The largest absolute Gasteiger partial charge is 4.00 e. The molecule has 0 atom stereocenters. The molecule has 2 aliphatic rings. The van der Waals surface area contributed by atoms with Crippen molar-refractivity contribution in [2.45, 2.75) is 25.9 Å². The SMILES string of the molecule is O=C1c2ccc3c4c(ccc(c24)C(=O)N1CCCn1ccnc1)C(=O)N(CCCn1ccnc1)C3=O.[Cl-].[Cl-].[Os+4].[Os+4].c1ccc(-c2ccccn2)nc1.c1ccc(-c2ccccn2)nc1.c1ccc(-c2ccccn2)nc1.c1ccc(-c2ccccn2)nc1.